The molecule has 0 unspecified atom stereocenters. The van der Waals surface area contributed by atoms with Crippen LogP contribution in [0.4, 0.5) is 0 Å². The predicted octanol–water partition coefficient (Wildman–Crippen LogP) is 1.94. The van der Waals surface area contributed by atoms with Gasteiger partial charge in [-0.2, -0.15) is 0 Å². The van der Waals surface area contributed by atoms with Crippen molar-refractivity contribution in [3.05, 3.63) is 31.4 Å². The third-order valence-corrected chi connectivity index (χ3v) is 0.989. The van der Waals surface area contributed by atoms with Gasteiger partial charge in [0.1, 0.15) is 6.10 Å². The van der Waals surface area contributed by atoms with Gasteiger partial charge in [0.25, 0.3) is 0 Å². The minimum atomic E-state index is 0.528. The van der Waals surface area contributed by atoms with Crippen molar-refractivity contribution in [1.29, 1.82) is 0 Å². The Hall–Kier alpha value is -0.600. The molecular formula is C9H15O2. The van der Waals surface area contributed by atoms with Crippen LogP contribution in [0.5, 0.6) is 0 Å². The van der Waals surface area contributed by atoms with E-state index in [4.69, 9.17) is 9.47 Å². The van der Waals surface area contributed by atoms with E-state index in [2.05, 4.69) is 13.2 Å². The molecular weight excluding hydrogens is 140 g/mol. The van der Waals surface area contributed by atoms with E-state index in [1.807, 2.05) is 6.92 Å². The Bertz CT molecular complexity index is 110. The largest absolute Gasteiger partial charge is 0.374 e. The first kappa shape index (κ1) is 10.4. The molecule has 11 heavy (non-hydrogen) atoms. The zero-order chi connectivity index (χ0) is 8.53. The second-order valence-electron chi connectivity index (χ2n) is 2.11. The molecule has 0 fully saturated rings. The van der Waals surface area contributed by atoms with Crippen molar-refractivity contribution in [1.82, 2.24) is 0 Å². The second kappa shape index (κ2) is 7.51. The summed E-state index contributed by atoms with van der Waals surface area (Å²) in [5, 5.41) is 0. The van der Waals surface area contributed by atoms with Gasteiger partial charge in [0.15, 0.2) is 0 Å². The molecule has 0 aliphatic rings. The zero-order valence-electron chi connectivity index (χ0n) is 7.01. The van der Waals surface area contributed by atoms with Gasteiger partial charge in [-0.15, -0.1) is 13.2 Å². The van der Waals surface area contributed by atoms with Crippen LogP contribution in [0.2, 0.25) is 0 Å². The van der Waals surface area contributed by atoms with Crippen molar-refractivity contribution in [2.75, 3.05) is 19.8 Å². The Morgan fingerprint density at radius 1 is 1.27 bits per heavy atom. The molecule has 0 aromatic heterocycles. The minimum Gasteiger partial charge on any atom is -0.374 e. The van der Waals surface area contributed by atoms with E-state index in [0.717, 1.165) is 6.10 Å². The Morgan fingerprint density at radius 2 is 1.91 bits per heavy atom. The standard InChI is InChI=1S/C9H15O2/c1-4-6-10-8-9(3)11-7-5-2/h4-5H,1-2,6-8H2,3H3. The number of hydrogen-bond donors (Lipinski definition) is 0. The lowest BCUT2D eigenvalue weighted by Crippen LogP contribution is -2.07. The normalized spacial score (nSPS) is 10.0. The smallest absolute Gasteiger partial charge is 0.120 e. The molecule has 0 N–H and O–H groups in total. The Balaban J connectivity index is 3.14. The van der Waals surface area contributed by atoms with Gasteiger partial charge in [0.2, 0.25) is 0 Å². The minimum absolute atomic E-state index is 0.528. The first-order valence-electron chi connectivity index (χ1n) is 3.56. The van der Waals surface area contributed by atoms with Gasteiger partial charge in [-0.05, 0) is 6.92 Å². The van der Waals surface area contributed by atoms with Crippen LogP contribution in [0.25, 0.3) is 0 Å². The highest BCUT2D eigenvalue weighted by atomic mass is 16.5. The third-order valence-electron chi connectivity index (χ3n) is 0.989. The maximum atomic E-state index is 5.18. The lowest BCUT2D eigenvalue weighted by atomic mass is 10.4. The summed E-state index contributed by atoms with van der Waals surface area (Å²) in [6.07, 6.45) is 4.28. The molecule has 2 heteroatoms. The van der Waals surface area contributed by atoms with Gasteiger partial charge in [-0.25, -0.2) is 0 Å². The van der Waals surface area contributed by atoms with E-state index in [9.17, 15) is 0 Å². The van der Waals surface area contributed by atoms with Crippen LogP contribution in [0, 0.1) is 6.10 Å². The molecule has 1 radical (unpaired) electrons. The third kappa shape index (κ3) is 7.30. The molecule has 0 aromatic carbocycles. The summed E-state index contributed by atoms with van der Waals surface area (Å²) in [5.74, 6) is 0. The number of hydrogen-bond acceptors (Lipinski definition) is 2. The van der Waals surface area contributed by atoms with Crippen LogP contribution in [0.3, 0.4) is 0 Å². The summed E-state index contributed by atoms with van der Waals surface area (Å²) >= 11 is 0. The molecule has 0 rings (SSSR count). The molecule has 0 atom stereocenters. The summed E-state index contributed by atoms with van der Waals surface area (Å²) < 4.78 is 10.3. The van der Waals surface area contributed by atoms with Gasteiger partial charge in [-0.3, -0.25) is 0 Å². The van der Waals surface area contributed by atoms with E-state index in [0.29, 0.717) is 19.8 Å². The van der Waals surface area contributed by atoms with Crippen molar-refractivity contribution in [2.45, 2.75) is 6.92 Å². The van der Waals surface area contributed by atoms with Crippen LogP contribution in [-0.2, 0) is 9.47 Å². The topological polar surface area (TPSA) is 18.5 Å². The number of rotatable bonds is 7. The monoisotopic (exact) mass is 155 g/mol. The molecule has 2 nitrogen and oxygen atoms in total. The van der Waals surface area contributed by atoms with Gasteiger partial charge >= 0.3 is 0 Å². The fourth-order valence-electron chi connectivity index (χ4n) is 0.529. The molecule has 63 valence electrons. The summed E-state index contributed by atoms with van der Waals surface area (Å²) in [6, 6.07) is 0. The summed E-state index contributed by atoms with van der Waals surface area (Å²) in [5.41, 5.74) is 0. The quantitative estimate of drug-likeness (QED) is 0.413. The molecule has 0 aliphatic heterocycles. The maximum absolute atomic E-state index is 5.18. The average Bonchev–Trinajstić information content (AvgIpc) is 2.01. The van der Waals surface area contributed by atoms with Gasteiger partial charge < -0.3 is 9.47 Å². The average molecular weight is 155 g/mol. The van der Waals surface area contributed by atoms with Crippen LogP contribution in [-0.4, -0.2) is 19.8 Å². The Morgan fingerprint density at radius 3 is 2.45 bits per heavy atom. The van der Waals surface area contributed by atoms with Crippen LogP contribution < -0.4 is 0 Å². The lowest BCUT2D eigenvalue weighted by molar-refractivity contribution is 0.0796. The molecule has 0 saturated heterocycles. The molecule has 0 aromatic rings. The molecule has 0 bridgehead atoms. The Kier molecular flexibility index (Phi) is 7.10. The zero-order valence-corrected chi connectivity index (χ0v) is 7.01. The van der Waals surface area contributed by atoms with E-state index < -0.39 is 0 Å². The van der Waals surface area contributed by atoms with Gasteiger partial charge in [0, 0.05) is 0 Å². The van der Waals surface area contributed by atoms with Crippen LogP contribution in [0.15, 0.2) is 25.3 Å². The van der Waals surface area contributed by atoms with Gasteiger partial charge in [0.05, 0.1) is 19.8 Å². The summed E-state index contributed by atoms with van der Waals surface area (Å²) in [6.45, 7) is 10.6. The second-order valence-corrected chi connectivity index (χ2v) is 2.11. The van der Waals surface area contributed by atoms with E-state index in [-0.39, 0.29) is 0 Å². The van der Waals surface area contributed by atoms with Crippen molar-refractivity contribution < 1.29 is 9.47 Å². The number of ether oxygens (including phenoxy) is 2. The molecule has 0 amide bonds. The van der Waals surface area contributed by atoms with Crippen LogP contribution in [0.1, 0.15) is 6.92 Å². The maximum Gasteiger partial charge on any atom is 0.120 e. The highest BCUT2D eigenvalue weighted by Crippen LogP contribution is 2.00. The predicted molar refractivity (Wildman–Crippen MR) is 46.1 cm³/mol. The first-order chi connectivity index (χ1) is 5.31. The van der Waals surface area contributed by atoms with Crippen molar-refractivity contribution in [3.8, 4) is 0 Å². The molecule has 0 aliphatic carbocycles. The fourth-order valence-corrected chi connectivity index (χ4v) is 0.529. The van der Waals surface area contributed by atoms with Crippen molar-refractivity contribution >= 4 is 0 Å². The summed E-state index contributed by atoms with van der Waals surface area (Å²) in [7, 11) is 0. The molecule has 0 saturated carbocycles. The van der Waals surface area contributed by atoms with Crippen LogP contribution >= 0.6 is 0 Å². The first-order valence-corrected chi connectivity index (χ1v) is 3.56. The highest BCUT2D eigenvalue weighted by Gasteiger charge is 2.00. The molecule has 0 spiro atoms. The highest BCUT2D eigenvalue weighted by molar-refractivity contribution is 4.75. The lowest BCUT2D eigenvalue weighted by Gasteiger charge is -2.09. The summed E-state index contributed by atoms with van der Waals surface area (Å²) in [4.78, 5) is 0. The van der Waals surface area contributed by atoms with Crippen molar-refractivity contribution in [2.24, 2.45) is 0 Å². The van der Waals surface area contributed by atoms with Gasteiger partial charge in [-0.1, -0.05) is 12.2 Å². The van der Waals surface area contributed by atoms with E-state index in [1.165, 1.54) is 0 Å². The van der Waals surface area contributed by atoms with Crippen molar-refractivity contribution in [3.63, 3.8) is 0 Å². The Labute approximate surface area is 68.5 Å². The van der Waals surface area contributed by atoms with E-state index in [1.54, 1.807) is 12.2 Å². The molecule has 0 heterocycles. The SMILES string of the molecule is C=CCOC[C](C)OCC=C. The van der Waals surface area contributed by atoms with E-state index >= 15 is 0 Å². The fraction of sp³-hybridized carbons (Fsp3) is 0.444.